The van der Waals surface area contributed by atoms with Crippen LogP contribution in [0.1, 0.15) is 35.2 Å². The smallest absolute Gasteiger partial charge is 0.331 e. The number of ether oxygens (including phenoxy) is 2. The second-order valence-electron chi connectivity index (χ2n) is 7.79. The molecule has 32 heavy (non-hydrogen) atoms. The Hall–Kier alpha value is -3.02. The van der Waals surface area contributed by atoms with Crippen molar-refractivity contribution in [1.29, 1.82) is 0 Å². The van der Waals surface area contributed by atoms with Gasteiger partial charge in [-0.2, -0.15) is 0 Å². The molecule has 0 saturated carbocycles. The molecule has 4 aliphatic rings. The number of rotatable bonds is 5. The molecule has 1 fully saturated rings. The van der Waals surface area contributed by atoms with Gasteiger partial charge in [0.1, 0.15) is 17.3 Å². The van der Waals surface area contributed by atoms with Gasteiger partial charge < -0.3 is 14.0 Å². The normalized spacial score (nSPS) is 24.5. The maximum absolute atomic E-state index is 13.2. The van der Waals surface area contributed by atoms with Gasteiger partial charge >= 0.3 is 5.84 Å². The number of methoxy groups -OCH3 is 1. The number of benzene rings is 1. The Bertz CT molecular complexity index is 1160. The summed E-state index contributed by atoms with van der Waals surface area (Å²) in [7, 11) is 1.45. The van der Waals surface area contributed by atoms with Crippen LogP contribution in [0.3, 0.4) is 0 Å². The Morgan fingerprint density at radius 3 is 3.03 bits per heavy atom. The summed E-state index contributed by atoms with van der Waals surface area (Å²) >= 11 is -2.24. The molecule has 166 valence electrons. The highest BCUT2D eigenvalue weighted by atomic mass is 32.2. The molecule has 10 nitrogen and oxygen atoms in total. The molecule has 0 aromatic heterocycles. The van der Waals surface area contributed by atoms with E-state index in [1.54, 1.807) is 12.4 Å². The molecule has 4 aliphatic heterocycles. The molecule has 0 aliphatic carbocycles. The molecule has 1 saturated heterocycles. The summed E-state index contributed by atoms with van der Waals surface area (Å²) in [4.78, 5) is 19.6. The number of amides is 1. The SMILES string of the molecule is COc1cc2c(c(S(=O)O)c1)CN(C1=CCCC(C3=NN=C[N+]3=CC3CCOC3)=N1)C2=O. The van der Waals surface area contributed by atoms with Gasteiger partial charge in [0.05, 0.1) is 41.6 Å². The largest absolute Gasteiger partial charge is 0.497 e. The first-order chi connectivity index (χ1) is 15.5. The first-order valence-corrected chi connectivity index (χ1v) is 11.4. The number of carbonyl (C=O) groups is 1. The summed E-state index contributed by atoms with van der Waals surface area (Å²) in [5, 5.41) is 8.30. The van der Waals surface area contributed by atoms with Crippen molar-refractivity contribution in [3.8, 4) is 5.75 Å². The van der Waals surface area contributed by atoms with Crippen LogP contribution < -0.4 is 4.74 Å². The maximum Gasteiger partial charge on any atom is 0.331 e. The summed E-state index contributed by atoms with van der Waals surface area (Å²) in [6.45, 7) is 1.59. The zero-order valence-corrected chi connectivity index (χ0v) is 18.2. The van der Waals surface area contributed by atoms with Gasteiger partial charge in [0.2, 0.25) is 0 Å². The zero-order chi connectivity index (χ0) is 22.2. The molecule has 1 aromatic rings. The molecule has 1 aromatic carbocycles. The van der Waals surface area contributed by atoms with Crippen molar-refractivity contribution < 1.29 is 27.6 Å². The van der Waals surface area contributed by atoms with E-state index < -0.39 is 11.1 Å². The van der Waals surface area contributed by atoms with E-state index in [4.69, 9.17) is 14.5 Å². The Morgan fingerprint density at radius 1 is 1.41 bits per heavy atom. The number of amidine groups is 1. The minimum absolute atomic E-state index is 0.167. The fraction of sp³-hybridized carbons (Fsp3) is 0.381. The van der Waals surface area contributed by atoms with Gasteiger partial charge in [-0.15, -0.1) is 0 Å². The molecule has 11 heteroatoms. The van der Waals surface area contributed by atoms with E-state index in [1.165, 1.54) is 18.1 Å². The van der Waals surface area contributed by atoms with E-state index in [2.05, 4.69) is 16.4 Å². The minimum Gasteiger partial charge on any atom is -0.497 e. The average molecular weight is 457 g/mol. The van der Waals surface area contributed by atoms with Crippen LogP contribution in [0.2, 0.25) is 0 Å². The first kappa shape index (κ1) is 20.9. The van der Waals surface area contributed by atoms with Crippen molar-refractivity contribution in [2.45, 2.75) is 30.7 Å². The number of fused-ring (bicyclic) bond motifs is 1. The van der Waals surface area contributed by atoms with Gasteiger partial charge in [0.25, 0.3) is 12.2 Å². The van der Waals surface area contributed by atoms with Crippen LogP contribution in [0.4, 0.5) is 0 Å². The number of allylic oxidation sites excluding steroid dienone is 1. The third-order valence-corrected chi connectivity index (χ3v) is 6.54. The van der Waals surface area contributed by atoms with E-state index >= 15 is 0 Å². The zero-order valence-electron chi connectivity index (χ0n) is 17.4. The topological polar surface area (TPSA) is 116 Å². The Morgan fingerprint density at radius 2 is 2.28 bits per heavy atom. The molecular weight excluding hydrogens is 434 g/mol. The minimum atomic E-state index is -2.24. The summed E-state index contributed by atoms with van der Waals surface area (Å²) < 4.78 is 34.1. The van der Waals surface area contributed by atoms with Gasteiger partial charge in [0, 0.05) is 30.1 Å². The lowest BCUT2D eigenvalue weighted by molar-refractivity contribution is -0.245. The maximum atomic E-state index is 13.2. The number of hydrogen-bond donors (Lipinski definition) is 1. The molecule has 4 heterocycles. The summed E-state index contributed by atoms with van der Waals surface area (Å²) in [5.41, 5.74) is 1.60. The van der Waals surface area contributed by atoms with Crippen LogP contribution in [0.25, 0.3) is 0 Å². The highest BCUT2D eigenvalue weighted by Crippen LogP contribution is 2.35. The lowest BCUT2D eigenvalue weighted by Crippen LogP contribution is -2.31. The molecule has 2 atom stereocenters. The highest BCUT2D eigenvalue weighted by Gasteiger charge is 2.36. The van der Waals surface area contributed by atoms with E-state index in [0.29, 0.717) is 53.9 Å². The third kappa shape index (κ3) is 3.72. The van der Waals surface area contributed by atoms with Crippen molar-refractivity contribution in [3.05, 3.63) is 35.2 Å². The summed E-state index contributed by atoms with van der Waals surface area (Å²) in [6.07, 6.45) is 7.92. The molecule has 1 amide bonds. The predicted octanol–water partition coefficient (Wildman–Crippen LogP) is 1.78. The molecule has 0 bridgehead atoms. The Labute approximate surface area is 186 Å². The van der Waals surface area contributed by atoms with E-state index in [-0.39, 0.29) is 17.3 Å². The second kappa shape index (κ2) is 8.49. The van der Waals surface area contributed by atoms with Crippen LogP contribution in [0.5, 0.6) is 5.75 Å². The number of aliphatic imine (C=N–C) groups is 1. The predicted molar refractivity (Wildman–Crippen MR) is 118 cm³/mol. The first-order valence-electron chi connectivity index (χ1n) is 10.3. The molecule has 0 radical (unpaired) electrons. The lowest BCUT2D eigenvalue weighted by atomic mass is 10.1. The fourth-order valence-corrected chi connectivity index (χ4v) is 4.78. The number of hydrogen-bond acceptors (Lipinski definition) is 7. The lowest BCUT2D eigenvalue weighted by Gasteiger charge is -2.20. The third-order valence-electron chi connectivity index (χ3n) is 5.80. The molecule has 1 N–H and O–H groups in total. The second-order valence-corrected chi connectivity index (χ2v) is 8.72. The van der Waals surface area contributed by atoms with Crippen molar-refractivity contribution in [2.75, 3.05) is 20.3 Å². The fourth-order valence-electron chi connectivity index (χ4n) is 4.17. The van der Waals surface area contributed by atoms with Gasteiger partial charge in [0.15, 0.2) is 11.1 Å². The van der Waals surface area contributed by atoms with Gasteiger partial charge in [-0.1, -0.05) is 0 Å². The van der Waals surface area contributed by atoms with Gasteiger partial charge in [-0.05, 0) is 31.1 Å². The van der Waals surface area contributed by atoms with Crippen molar-refractivity contribution >= 4 is 41.1 Å². The molecule has 5 rings (SSSR count). The van der Waals surface area contributed by atoms with Crippen molar-refractivity contribution in [1.82, 2.24) is 4.90 Å². The van der Waals surface area contributed by atoms with E-state index in [9.17, 15) is 13.6 Å². The Kier molecular flexibility index (Phi) is 5.53. The van der Waals surface area contributed by atoms with Crippen LogP contribution in [0, 0.1) is 5.92 Å². The van der Waals surface area contributed by atoms with Gasteiger partial charge in [-0.3, -0.25) is 9.69 Å². The van der Waals surface area contributed by atoms with E-state index in [0.717, 1.165) is 18.7 Å². The van der Waals surface area contributed by atoms with Crippen molar-refractivity contribution in [2.24, 2.45) is 21.1 Å². The quantitative estimate of drug-likeness (QED) is 0.536. The Balaban J connectivity index is 1.43. The average Bonchev–Trinajstić information content (AvgIpc) is 3.55. The standard InChI is InChI=1S/C21H21N5O5S/c1-30-14-7-15-16(18(8-14)32(28)29)10-26(21(15)27)19-4-2-3-17(23-19)20-24-22-12-25(20)9-13-5-6-31-11-13/h4,7-9,12-13H,2-3,5-6,10-11H2,1H3/p+1. The molecule has 2 unspecified atom stereocenters. The molecular formula is C21H22N5O5S+. The van der Waals surface area contributed by atoms with Crippen LogP contribution >= 0.6 is 0 Å². The molecule has 0 spiro atoms. The van der Waals surface area contributed by atoms with Crippen LogP contribution in [-0.4, -0.2) is 68.6 Å². The monoisotopic (exact) mass is 456 g/mol. The number of nitrogens with zero attached hydrogens (tertiary/aromatic N) is 5. The summed E-state index contributed by atoms with van der Waals surface area (Å²) in [6, 6.07) is 3.08. The highest BCUT2D eigenvalue weighted by molar-refractivity contribution is 7.79. The van der Waals surface area contributed by atoms with Gasteiger partial charge in [-0.25, -0.2) is 13.8 Å². The van der Waals surface area contributed by atoms with E-state index in [1.807, 2.05) is 10.7 Å². The van der Waals surface area contributed by atoms with Crippen molar-refractivity contribution in [3.63, 3.8) is 0 Å². The van der Waals surface area contributed by atoms with Crippen LogP contribution in [-0.2, 0) is 22.4 Å². The number of carbonyl (C=O) groups excluding carboxylic acids is 1. The summed E-state index contributed by atoms with van der Waals surface area (Å²) in [5.74, 6) is 1.52. The van der Waals surface area contributed by atoms with Crippen LogP contribution in [0.15, 0.2) is 44.1 Å².